The molecule has 1 aromatic rings. The van der Waals surface area contributed by atoms with E-state index < -0.39 is 6.04 Å². The summed E-state index contributed by atoms with van der Waals surface area (Å²) in [5.74, 6) is 2.80. The molecule has 0 radical (unpaired) electrons. The summed E-state index contributed by atoms with van der Waals surface area (Å²) in [6.07, 6.45) is 8.93. The van der Waals surface area contributed by atoms with E-state index in [9.17, 15) is 4.79 Å². The first-order valence-corrected chi connectivity index (χ1v) is 9.19. The van der Waals surface area contributed by atoms with E-state index in [1.165, 1.54) is 38.5 Å². The molecule has 3 nitrogen and oxygen atoms in total. The summed E-state index contributed by atoms with van der Waals surface area (Å²) < 4.78 is 0. The molecule has 1 aromatic carbocycles. The van der Waals surface area contributed by atoms with Crippen molar-refractivity contribution in [2.75, 3.05) is 6.54 Å². The van der Waals surface area contributed by atoms with Crippen molar-refractivity contribution >= 4 is 5.91 Å². The van der Waals surface area contributed by atoms with Gasteiger partial charge in [-0.25, -0.2) is 0 Å². The van der Waals surface area contributed by atoms with Gasteiger partial charge in [0, 0.05) is 6.54 Å². The van der Waals surface area contributed by atoms with Crippen molar-refractivity contribution in [1.82, 2.24) is 5.32 Å². The molecule has 3 heteroatoms. The highest BCUT2D eigenvalue weighted by atomic mass is 16.2. The van der Waals surface area contributed by atoms with Gasteiger partial charge in [0.15, 0.2) is 0 Å². The Morgan fingerprint density at radius 1 is 1.09 bits per heavy atom. The minimum Gasteiger partial charge on any atom is -0.354 e. The predicted octanol–water partition coefficient (Wildman–Crippen LogP) is 2.89. The molecule has 0 heterocycles. The fourth-order valence-electron chi connectivity index (χ4n) is 5.87. The average Bonchev–Trinajstić information content (AvgIpc) is 2.52. The smallest absolute Gasteiger partial charge is 0.237 e. The van der Waals surface area contributed by atoms with Crippen molar-refractivity contribution in [2.24, 2.45) is 28.9 Å². The fourth-order valence-corrected chi connectivity index (χ4v) is 5.87. The van der Waals surface area contributed by atoms with Crippen LogP contribution in [0.1, 0.15) is 44.1 Å². The van der Waals surface area contributed by atoms with Gasteiger partial charge < -0.3 is 11.1 Å². The lowest BCUT2D eigenvalue weighted by Crippen LogP contribution is -2.53. The monoisotopic (exact) mass is 312 g/mol. The van der Waals surface area contributed by atoms with Gasteiger partial charge >= 0.3 is 0 Å². The van der Waals surface area contributed by atoms with Crippen molar-refractivity contribution in [3.63, 3.8) is 0 Å². The molecule has 1 atom stereocenters. The maximum absolute atomic E-state index is 12.4. The Morgan fingerprint density at radius 2 is 1.65 bits per heavy atom. The highest BCUT2D eigenvalue weighted by Crippen LogP contribution is 2.59. The van der Waals surface area contributed by atoms with Crippen LogP contribution in [0.25, 0.3) is 0 Å². The van der Waals surface area contributed by atoms with Gasteiger partial charge in [-0.15, -0.1) is 0 Å². The Hall–Kier alpha value is -1.35. The number of rotatable bonds is 5. The van der Waals surface area contributed by atoms with Crippen molar-refractivity contribution in [3.05, 3.63) is 35.9 Å². The molecule has 0 aromatic heterocycles. The van der Waals surface area contributed by atoms with E-state index in [4.69, 9.17) is 5.73 Å². The molecule has 3 N–H and O–H groups in total. The molecule has 0 unspecified atom stereocenters. The Morgan fingerprint density at radius 3 is 2.22 bits per heavy atom. The van der Waals surface area contributed by atoms with Crippen LogP contribution in [-0.2, 0) is 11.2 Å². The number of nitrogens with one attached hydrogen (secondary N) is 1. The molecule has 4 saturated carbocycles. The number of carbonyl (C=O) groups is 1. The van der Waals surface area contributed by atoms with Crippen LogP contribution >= 0.6 is 0 Å². The van der Waals surface area contributed by atoms with Crippen molar-refractivity contribution in [2.45, 2.75) is 51.0 Å². The number of hydrogen-bond acceptors (Lipinski definition) is 2. The van der Waals surface area contributed by atoms with Crippen LogP contribution in [-0.4, -0.2) is 18.5 Å². The maximum Gasteiger partial charge on any atom is 0.237 e. The molecule has 0 spiro atoms. The zero-order chi connectivity index (χ0) is 15.9. The van der Waals surface area contributed by atoms with Crippen LogP contribution in [0.5, 0.6) is 0 Å². The largest absolute Gasteiger partial charge is 0.354 e. The van der Waals surface area contributed by atoms with Crippen LogP contribution in [0, 0.1) is 23.2 Å². The minimum absolute atomic E-state index is 0.0181. The molecule has 124 valence electrons. The summed E-state index contributed by atoms with van der Waals surface area (Å²) in [5.41, 5.74) is 7.63. The normalized spacial score (nSPS) is 36.0. The van der Waals surface area contributed by atoms with Crippen LogP contribution in [0.4, 0.5) is 0 Å². The lowest BCUT2D eigenvalue weighted by atomic mass is 9.49. The van der Waals surface area contributed by atoms with Gasteiger partial charge in [-0.3, -0.25) is 4.79 Å². The quantitative estimate of drug-likeness (QED) is 0.878. The van der Waals surface area contributed by atoms with E-state index in [0.29, 0.717) is 11.8 Å². The zero-order valence-corrected chi connectivity index (χ0v) is 13.8. The zero-order valence-electron chi connectivity index (χ0n) is 13.8. The summed E-state index contributed by atoms with van der Waals surface area (Å²) >= 11 is 0. The van der Waals surface area contributed by atoms with Gasteiger partial charge in [0.25, 0.3) is 0 Å². The Labute approximate surface area is 139 Å². The van der Waals surface area contributed by atoms with Crippen LogP contribution in [0.2, 0.25) is 0 Å². The topological polar surface area (TPSA) is 55.1 Å². The fraction of sp³-hybridized carbons (Fsp3) is 0.650. The van der Waals surface area contributed by atoms with Gasteiger partial charge in [-0.1, -0.05) is 30.3 Å². The molecule has 23 heavy (non-hydrogen) atoms. The van der Waals surface area contributed by atoms with Crippen molar-refractivity contribution in [1.29, 1.82) is 0 Å². The molecular weight excluding hydrogens is 284 g/mol. The van der Waals surface area contributed by atoms with Gasteiger partial charge in [0.2, 0.25) is 5.91 Å². The summed E-state index contributed by atoms with van der Waals surface area (Å²) in [5, 5.41) is 3.20. The molecular formula is C20H28N2O. The lowest BCUT2D eigenvalue weighted by Gasteiger charge is -2.57. The molecule has 0 aliphatic heterocycles. The molecule has 4 aliphatic carbocycles. The Balaban J connectivity index is 1.33. The first kappa shape index (κ1) is 15.2. The number of carbonyl (C=O) groups excluding carboxylic acids is 1. The van der Waals surface area contributed by atoms with Gasteiger partial charge in [-0.2, -0.15) is 0 Å². The third kappa shape index (κ3) is 3.16. The minimum atomic E-state index is -0.439. The standard InChI is InChI=1S/C20H28N2O/c21-18(9-14-4-2-1-3-5-14)19(23)22-13-20-10-15-6-16(11-20)8-17(7-15)12-20/h1-5,15-18H,6-13,21H2,(H,22,23)/t15?,16?,17?,18-,20?/m0/s1. The van der Waals surface area contributed by atoms with E-state index >= 15 is 0 Å². The summed E-state index contributed by atoms with van der Waals surface area (Å²) in [6, 6.07) is 9.61. The molecule has 4 fully saturated rings. The second-order valence-electron chi connectivity index (χ2n) is 8.43. The van der Waals surface area contributed by atoms with Crippen molar-refractivity contribution < 1.29 is 4.79 Å². The van der Waals surface area contributed by atoms with E-state index in [-0.39, 0.29) is 5.91 Å². The summed E-state index contributed by atoms with van der Waals surface area (Å²) in [7, 11) is 0. The second kappa shape index (κ2) is 5.94. The van der Waals surface area contributed by atoms with Gasteiger partial charge in [0.05, 0.1) is 6.04 Å². The molecule has 5 rings (SSSR count). The third-order valence-corrected chi connectivity index (χ3v) is 6.44. The maximum atomic E-state index is 12.4. The number of benzene rings is 1. The van der Waals surface area contributed by atoms with E-state index in [1.807, 2.05) is 30.3 Å². The SMILES string of the molecule is N[C@@H](Cc1ccccc1)C(=O)NCC12CC3CC(CC(C3)C1)C2. The van der Waals surface area contributed by atoms with Gasteiger partial charge in [0.1, 0.15) is 0 Å². The highest BCUT2D eigenvalue weighted by Gasteiger charge is 2.50. The first-order chi connectivity index (χ1) is 11.1. The number of amides is 1. The average molecular weight is 312 g/mol. The Kier molecular flexibility index (Phi) is 3.92. The van der Waals surface area contributed by atoms with Crippen molar-refractivity contribution in [3.8, 4) is 0 Å². The van der Waals surface area contributed by atoms with E-state index in [2.05, 4.69) is 5.32 Å². The number of hydrogen-bond donors (Lipinski definition) is 2. The molecule has 1 amide bonds. The predicted molar refractivity (Wildman–Crippen MR) is 91.7 cm³/mol. The van der Waals surface area contributed by atoms with Crippen LogP contribution < -0.4 is 11.1 Å². The van der Waals surface area contributed by atoms with E-state index in [0.717, 1.165) is 29.9 Å². The molecule has 4 bridgehead atoms. The lowest BCUT2D eigenvalue weighted by molar-refractivity contribution is -0.124. The highest BCUT2D eigenvalue weighted by molar-refractivity contribution is 5.81. The Bertz CT molecular complexity index is 533. The van der Waals surface area contributed by atoms with Gasteiger partial charge in [-0.05, 0) is 73.7 Å². The third-order valence-electron chi connectivity index (χ3n) is 6.44. The summed E-state index contributed by atoms with van der Waals surface area (Å²) in [4.78, 5) is 12.4. The second-order valence-corrected chi connectivity index (χ2v) is 8.43. The number of nitrogens with two attached hydrogens (primary N) is 1. The van der Waals surface area contributed by atoms with Crippen LogP contribution in [0.15, 0.2) is 30.3 Å². The molecule has 4 aliphatic rings. The van der Waals surface area contributed by atoms with Crippen LogP contribution in [0.3, 0.4) is 0 Å². The van der Waals surface area contributed by atoms with E-state index in [1.54, 1.807) is 0 Å². The molecule has 0 saturated heterocycles. The first-order valence-electron chi connectivity index (χ1n) is 9.19. The summed E-state index contributed by atoms with van der Waals surface area (Å²) in [6.45, 7) is 0.845.